The third kappa shape index (κ3) is 7.11. The van der Waals surface area contributed by atoms with E-state index in [-0.39, 0.29) is 11.7 Å². The van der Waals surface area contributed by atoms with Gasteiger partial charge in [-0.3, -0.25) is 4.79 Å². The minimum absolute atomic E-state index is 0.263. The predicted molar refractivity (Wildman–Crippen MR) is 145 cm³/mol. The summed E-state index contributed by atoms with van der Waals surface area (Å²) in [7, 11) is 0. The molecule has 0 saturated carbocycles. The minimum Gasteiger partial charge on any atom is -0.423 e. The maximum atomic E-state index is 12.6. The van der Waals surface area contributed by atoms with Crippen LogP contribution in [0.5, 0.6) is 11.5 Å². The van der Waals surface area contributed by atoms with E-state index in [0.29, 0.717) is 28.0 Å². The van der Waals surface area contributed by atoms with E-state index in [1.165, 1.54) is 18.4 Å². The second-order valence-electron chi connectivity index (χ2n) is 8.15. The number of para-hydroxylation sites is 2. The van der Waals surface area contributed by atoms with Crippen molar-refractivity contribution in [2.45, 2.75) is 6.92 Å². The van der Waals surface area contributed by atoms with Crippen molar-refractivity contribution in [1.82, 2.24) is 5.43 Å². The standard InChI is InChI=1S/C31H24N2O5/c1-22-15-17-24(18-16-22)30(35)33-32-21-26-12-6-8-14-28(26)37-29(34)20-19-23-9-5-7-13-27(23)38-31(36)25-10-3-2-4-11-25/h2-21H,1H3,(H,33,35)/b20-19+,32-21+. The van der Waals surface area contributed by atoms with Gasteiger partial charge in [-0.2, -0.15) is 5.10 Å². The largest absolute Gasteiger partial charge is 0.423 e. The van der Waals surface area contributed by atoms with Crippen molar-refractivity contribution in [2.24, 2.45) is 5.10 Å². The first kappa shape index (κ1) is 25.8. The number of hydrazone groups is 1. The van der Waals surface area contributed by atoms with Crippen molar-refractivity contribution < 1.29 is 23.9 Å². The van der Waals surface area contributed by atoms with E-state index in [1.807, 2.05) is 25.1 Å². The van der Waals surface area contributed by atoms with Crippen molar-refractivity contribution in [3.05, 3.63) is 137 Å². The van der Waals surface area contributed by atoms with E-state index < -0.39 is 11.9 Å². The van der Waals surface area contributed by atoms with Crippen LogP contribution in [0.25, 0.3) is 6.08 Å². The van der Waals surface area contributed by atoms with Crippen LogP contribution in [0, 0.1) is 6.92 Å². The number of nitrogens with one attached hydrogen (secondary N) is 1. The van der Waals surface area contributed by atoms with Crippen LogP contribution in [0.3, 0.4) is 0 Å². The van der Waals surface area contributed by atoms with Gasteiger partial charge in [0.25, 0.3) is 5.91 Å². The number of benzene rings is 4. The number of rotatable bonds is 8. The molecule has 0 spiro atoms. The molecule has 0 aromatic heterocycles. The maximum absolute atomic E-state index is 12.6. The molecule has 4 aromatic carbocycles. The predicted octanol–water partition coefficient (Wildman–Crippen LogP) is 5.60. The Morgan fingerprint density at radius 2 is 1.29 bits per heavy atom. The van der Waals surface area contributed by atoms with E-state index in [0.717, 1.165) is 5.56 Å². The van der Waals surface area contributed by atoms with E-state index in [9.17, 15) is 14.4 Å². The zero-order valence-electron chi connectivity index (χ0n) is 20.5. The lowest BCUT2D eigenvalue weighted by Crippen LogP contribution is -2.17. The number of hydrogen-bond donors (Lipinski definition) is 1. The molecule has 0 radical (unpaired) electrons. The second kappa shape index (κ2) is 12.6. The summed E-state index contributed by atoms with van der Waals surface area (Å²) in [6, 6.07) is 29.4. The Kier molecular flexibility index (Phi) is 8.55. The van der Waals surface area contributed by atoms with Crippen molar-refractivity contribution in [3.8, 4) is 11.5 Å². The quantitative estimate of drug-likeness (QED) is 0.111. The van der Waals surface area contributed by atoms with Gasteiger partial charge < -0.3 is 9.47 Å². The molecule has 0 fully saturated rings. The van der Waals surface area contributed by atoms with Crippen LogP contribution < -0.4 is 14.9 Å². The molecule has 0 heterocycles. The molecule has 0 aliphatic carbocycles. The summed E-state index contributed by atoms with van der Waals surface area (Å²) in [5.74, 6) is -0.928. The van der Waals surface area contributed by atoms with E-state index in [4.69, 9.17) is 9.47 Å². The monoisotopic (exact) mass is 504 g/mol. The van der Waals surface area contributed by atoms with Gasteiger partial charge in [-0.15, -0.1) is 0 Å². The molecule has 0 aliphatic rings. The zero-order valence-corrected chi connectivity index (χ0v) is 20.5. The molecular weight excluding hydrogens is 480 g/mol. The Labute approximate surface area is 220 Å². The first-order chi connectivity index (χ1) is 18.5. The summed E-state index contributed by atoms with van der Waals surface area (Å²) in [6.45, 7) is 1.94. The Balaban J connectivity index is 1.40. The first-order valence-electron chi connectivity index (χ1n) is 11.7. The highest BCUT2D eigenvalue weighted by Gasteiger charge is 2.11. The molecule has 7 nitrogen and oxygen atoms in total. The lowest BCUT2D eigenvalue weighted by molar-refractivity contribution is -0.128. The molecule has 1 N–H and O–H groups in total. The van der Waals surface area contributed by atoms with E-state index in [2.05, 4.69) is 10.5 Å². The highest BCUT2D eigenvalue weighted by atomic mass is 16.5. The normalized spacial score (nSPS) is 10.9. The molecule has 0 saturated heterocycles. The molecule has 0 aliphatic heterocycles. The highest BCUT2D eigenvalue weighted by molar-refractivity contribution is 5.96. The Morgan fingerprint density at radius 3 is 2.00 bits per heavy atom. The fraction of sp³-hybridized carbons (Fsp3) is 0.0323. The number of ether oxygens (including phenoxy) is 2. The summed E-state index contributed by atoms with van der Waals surface area (Å²) < 4.78 is 11.0. The van der Waals surface area contributed by atoms with Crippen LogP contribution in [0.2, 0.25) is 0 Å². The van der Waals surface area contributed by atoms with Gasteiger partial charge in [-0.05, 0) is 55.5 Å². The Morgan fingerprint density at radius 1 is 0.684 bits per heavy atom. The fourth-order valence-corrected chi connectivity index (χ4v) is 3.35. The summed E-state index contributed by atoms with van der Waals surface area (Å²) >= 11 is 0. The number of hydrogen-bond acceptors (Lipinski definition) is 6. The van der Waals surface area contributed by atoms with Gasteiger partial charge in [0.15, 0.2) is 0 Å². The number of nitrogens with zero attached hydrogens (tertiary/aromatic N) is 1. The van der Waals surface area contributed by atoms with Crippen LogP contribution in [0.15, 0.2) is 114 Å². The Bertz CT molecular complexity index is 1490. The van der Waals surface area contributed by atoms with Crippen LogP contribution in [0.1, 0.15) is 37.4 Å². The van der Waals surface area contributed by atoms with Gasteiger partial charge in [0.1, 0.15) is 11.5 Å². The highest BCUT2D eigenvalue weighted by Crippen LogP contribution is 2.22. The Hall–Kier alpha value is -5.30. The zero-order chi connectivity index (χ0) is 26.7. The third-order valence-corrected chi connectivity index (χ3v) is 5.34. The first-order valence-corrected chi connectivity index (χ1v) is 11.7. The molecule has 1 amide bonds. The van der Waals surface area contributed by atoms with Crippen LogP contribution in [-0.4, -0.2) is 24.1 Å². The van der Waals surface area contributed by atoms with Crippen molar-refractivity contribution >= 4 is 30.1 Å². The SMILES string of the molecule is Cc1ccc(C(=O)N/N=C/c2ccccc2OC(=O)/C=C/c2ccccc2OC(=O)c2ccccc2)cc1. The summed E-state index contributed by atoms with van der Waals surface area (Å²) in [5, 5.41) is 3.98. The summed E-state index contributed by atoms with van der Waals surface area (Å²) in [4.78, 5) is 37.2. The fourth-order valence-electron chi connectivity index (χ4n) is 3.35. The van der Waals surface area contributed by atoms with E-state index >= 15 is 0 Å². The average Bonchev–Trinajstić information content (AvgIpc) is 2.94. The lowest BCUT2D eigenvalue weighted by atomic mass is 10.1. The van der Waals surface area contributed by atoms with Crippen LogP contribution >= 0.6 is 0 Å². The summed E-state index contributed by atoms with van der Waals surface area (Å²) in [5.41, 5.74) is 5.43. The van der Waals surface area contributed by atoms with Gasteiger partial charge in [-0.1, -0.05) is 66.2 Å². The van der Waals surface area contributed by atoms with Crippen molar-refractivity contribution in [2.75, 3.05) is 0 Å². The van der Waals surface area contributed by atoms with Crippen molar-refractivity contribution in [1.29, 1.82) is 0 Å². The third-order valence-electron chi connectivity index (χ3n) is 5.34. The van der Waals surface area contributed by atoms with Crippen LogP contribution in [0.4, 0.5) is 0 Å². The number of amides is 1. The lowest BCUT2D eigenvalue weighted by Gasteiger charge is -2.08. The maximum Gasteiger partial charge on any atom is 0.343 e. The average molecular weight is 505 g/mol. The number of carbonyl (C=O) groups is 3. The van der Waals surface area contributed by atoms with Crippen LogP contribution in [-0.2, 0) is 4.79 Å². The van der Waals surface area contributed by atoms with Gasteiger partial charge in [0.2, 0.25) is 0 Å². The molecule has 0 unspecified atom stereocenters. The molecule has 188 valence electrons. The molecule has 4 aromatic rings. The topological polar surface area (TPSA) is 94.1 Å². The van der Waals surface area contributed by atoms with Gasteiger partial charge >= 0.3 is 11.9 Å². The van der Waals surface area contributed by atoms with Gasteiger partial charge in [-0.25, -0.2) is 15.0 Å². The molecule has 0 atom stereocenters. The van der Waals surface area contributed by atoms with Gasteiger partial charge in [0, 0.05) is 22.8 Å². The molecular formula is C31H24N2O5. The number of aryl methyl sites for hydroxylation is 1. The smallest absolute Gasteiger partial charge is 0.343 e. The van der Waals surface area contributed by atoms with E-state index in [1.54, 1.807) is 84.9 Å². The second-order valence-corrected chi connectivity index (χ2v) is 8.15. The molecule has 0 bridgehead atoms. The number of esters is 2. The van der Waals surface area contributed by atoms with Crippen molar-refractivity contribution in [3.63, 3.8) is 0 Å². The number of carbonyl (C=O) groups excluding carboxylic acids is 3. The molecule has 4 rings (SSSR count). The molecule has 7 heteroatoms. The van der Waals surface area contributed by atoms with Gasteiger partial charge in [0.05, 0.1) is 11.8 Å². The minimum atomic E-state index is -0.640. The molecule has 38 heavy (non-hydrogen) atoms. The summed E-state index contributed by atoms with van der Waals surface area (Å²) in [6.07, 6.45) is 4.15.